The number of nitrogens with zero attached hydrogens (tertiary/aromatic N) is 2. The summed E-state index contributed by atoms with van der Waals surface area (Å²) in [5.41, 5.74) is 8.53. The first-order chi connectivity index (χ1) is 16.5. The van der Waals surface area contributed by atoms with E-state index in [9.17, 15) is 18.0 Å². The fourth-order valence-electron chi connectivity index (χ4n) is 3.57. The second kappa shape index (κ2) is 9.45. The molecule has 4 rings (SSSR count). The predicted octanol–water partition coefficient (Wildman–Crippen LogP) is 3.61. The molecule has 178 valence electrons. The van der Waals surface area contributed by atoms with Gasteiger partial charge in [0.15, 0.2) is 0 Å². The van der Waals surface area contributed by atoms with Crippen molar-refractivity contribution in [1.82, 2.24) is 9.78 Å². The van der Waals surface area contributed by atoms with Crippen molar-refractivity contribution in [1.29, 1.82) is 0 Å². The van der Waals surface area contributed by atoms with Crippen LogP contribution < -0.4 is 16.2 Å². The van der Waals surface area contributed by atoms with Gasteiger partial charge in [-0.2, -0.15) is 5.10 Å². The zero-order chi connectivity index (χ0) is 25.3. The van der Waals surface area contributed by atoms with Gasteiger partial charge in [-0.25, -0.2) is 18.2 Å². The van der Waals surface area contributed by atoms with E-state index in [1.165, 1.54) is 10.7 Å². The fraction of sp³-hybridized carbons (Fsp3) is 0.0417. The summed E-state index contributed by atoms with van der Waals surface area (Å²) < 4.78 is 25.9. The molecule has 2 amide bonds. The highest BCUT2D eigenvalue weighted by molar-refractivity contribution is 9.10. The molecule has 0 saturated heterocycles. The van der Waals surface area contributed by atoms with Gasteiger partial charge in [-0.05, 0) is 70.9 Å². The molecule has 4 aromatic rings. The largest absolute Gasteiger partial charge is 0.366 e. The second-order valence-electron chi connectivity index (χ2n) is 7.69. The number of carbonyl (C=O) groups excluding carboxylic acids is 2. The Bertz CT molecular complexity index is 1580. The summed E-state index contributed by atoms with van der Waals surface area (Å²) in [4.78, 5) is 24.7. The van der Waals surface area contributed by atoms with E-state index in [4.69, 9.17) is 10.9 Å². The molecule has 35 heavy (non-hydrogen) atoms. The number of benzene rings is 3. The van der Waals surface area contributed by atoms with Gasteiger partial charge in [0.2, 0.25) is 15.9 Å². The lowest BCUT2D eigenvalue weighted by Gasteiger charge is -2.12. The molecule has 5 N–H and O–H groups in total. The highest BCUT2D eigenvalue weighted by atomic mass is 79.9. The van der Waals surface area contributed by atoms with Crippen molar-refractivity contribution in [2.75, 3.05) is 5.32 Å². The average molecular weight is 554 g/mol. The van der Waals surface area contributed by atoms with E-state index in [0.29, 0.717) is 38.2 Å². The molecule has 1 heterocycles. The lowest BCUT2D eigenvalue weighted by atomic mass is 10.1. The quantitative estimate of drug-likeness (QED) is 0.333. The number of nitrogens with one attached hydrogen (secondary N) is 1. The van der Waals surface area contributed by atoms with Crippen molar-refractivity contribution < 1.29 is 18.0 Å². The highest BCUT2D eigenvalue weighted by Crippen LogP contribution is 2.32. The Hall–Kier alpha value is -3.80. The topological polar surface area (TPSA) is 150 Å². The third kappa shape index (κ3) is 5.16. The van der Waals surface area contributed by atoms with Gasteiger partial charge in [0.1, 0.15) is 5.69 Å². The van der Waals surface area contributed by atoms with E-state index in [1.807, 2.05) is 0 Å². The molecule has 0 bridgehead atoms. The molecule has 0 unspecified atom stereocenters. The summed E-state index contributed by atoms with van der Waals surface area (Å²) in [7, 11) is -3.92. The Labute approximate surface area is 209 Å². The number of aryl methyl sites for hydroxylation is 1. The second-order valence-corrected chi connectivity index (χ2v) is 10.1. The van der Waals surface area contributed by atoms with Crippen LogP contribution in [0.2, 0.25) is 0 Å². The lowest BCUT2D eigenvalue weighted by Crippen LogP contribution is -2.18. The maximum atomic E-state index is 13.2. The van der Waals surface area contributed by atoms with Crippen LogP contribution in [-0.2, 0) is 10.0 Å². The fourth-order valence-corrected chi connectivity index (χ4v) is 4.81. The number of hydrogen-bond donors (Lipinski definition) is 3. The smallest absolute Gasteiger partial charge is 0.274 e. The number of rotatable bonds is 6. The van der Waals surface area contributed by atoms with Crippen LogP contribution in [0.5, 0.6) is 0 Å². The Balaban J connectivity index is 1.66. The number of primary amides is 1. The molecule has 0 aliphatic rings. The number of sulfonamides is 1. The van der Waals surface area contributed by atoms with Crippen molar-refractivity contribution in [3.8, 4) is 16.8 Å². The number of aromatic nitrogens is 2. The Morgan fingerprint density at radius 3 is 2.43 bits per heavy atom. The van der Waals surface area contributed by atoms with Gasteiger partial charge >= 0.3 is 0 Å². The number of halogens is 1. The van der Waals surface area contributed by atoms with Gasteiger partial charge in [-0.3, -0.25) is 9.59 Å². The number of amides is 2. The molecule has 0 saturated carbocycles. The number of hydrogen-bond acceptors (Lipinski definition) is 5. The standard InChI is InChI=1S/C24H20BrN5O4S/c1-14-11-21(30(29-14)17-6-4-5-16(12-17)23(26)31)24(32)28-20-10-9-15(13-19(20)25)18-7-2-3-8-22(18)35(27,33)34/h2-13H,1H3,(H2,26,31)(H,28,32)(H2,27,33,34). The predicted molar refractivity (Wildman–Crippen MR) is 136 cm³/mol. The minimum Gasteiger partial charge on any atom is -0.366 e. The van der Waals surface area contributed by atoms with Crippen LogP contribution in [0.1, 0.15) is 26.5 Å². The summed E-state index contributed by atoms with van der Waals surface area (Å²) in [6, 6.07) is 19.5. The Morgan fingerprint density at radius 2 is 1.74 bits per heavy atom. The maximum Gasteiger partial charge on any atom is 0.274 e. The van der Waals surface area contributed by atoms with Gasteiger partial charge in [-0.1, -0.05) is 30.3 Å². The zero-order valence-corrected chi connectivity index (χ0v) is 20.8. The highest BCUT2D eigenvalue weighted by Gasteiger charge is 2.19. The summed E-state index contributed by atoms with van der Waals surface area (Å²) in [6.45, 7) is 1.75. The first kappa shape index (κ1) is 24.3. The van der Waals surface area contributed by atoms with Crippen LogP contribution in [0.15, 0.2) is 82.2 Å². The van der Waals surface area contributed by atoms with Gasteiger partial charge < -0.3 is 11.1 Å². The van der Waals surface area contributed by atoms with E-state index in [0.717, 1.165) is 0 Å². The van der Waals surface area contributed by atoms with E-state index >= 15 is 0 Å². The molecular weight excluding hydrogens is 534 g/mol. The molecule has 0 fully saturated rings. The van der Waals surface area contributed by atoms with Gasteiger partial charge in [0.25, 0.3) is 5.91 Å². The molecular formula is C24H20BrN5O4S. The lowest BCUT2D eigenvalue weighted by molar-refractivity contribution is 0.0997. The normalized spacial score (nSPS) is 11.3. The summed E-state index contributed by atoms with van der Waals surface area (Å²) in [5, 5.41) is 12.6. The molecule has 0 aliphatic carbocycles. The molecule has 0 radical (unpaired) electrons. The molecule has 1 aromatic heterocycles. The summed E-state index contributed by atoms with van der Waals surface area (Å²) >= 11 is 3.45. The van der Waals surface area contributed by atoms with Crippen LogP contribution in [-0.4, -0.2) is 30.0 Å². The van der Waals surface area contributed by atoms with Crippen LogP contribution >= 0.6 is 15.9 Å². The molecule has 11 heteroatoms. The van der Waals surface area contributed by atoms with E-state index < -0.39 is 21.8 Å². The first-order valence-corrected chi connectivity index (χ1v) is 12.6. The van der Waals surface area contributed by atoms with Crippen LogP contribution in [0.4, 0.5) is 5.69 Å². The van der Waals surface area contributed by atoms with E-state index in [-0.39, 0.29) is 10.6 Å². The monoisotopic (exact) mass is 553 g/mol. The number of carbonyl (C=O) groups is 2. The van der Waals surface area contributed by atoms with Crippen LogP contribution in [0, 0.1) is 6.92 Å². The molecule has 0 spiro atoms. The van der Waals surface area contributed by atoms with Crippen molar-refractivity contribution in [2.45, 2.75) is 11.8 Å². The average Bonchev–Trinajstić information content (AvgIpc) is 3.21. The van der Waals surface area contributed by atoms with Gasteiger partial charge in [-0.15, -0.1) is 0 Å². The molecule has 3 aromatic carbocycles. The summed E-state index contributed by atoms with van der Waals surface area (Å²) in [6.07, 6.45) is 0. The third-order valence-corrected chi connectivity index (χ3v) is 6.79. The number of primary sulfonamides is 1. The van der Waals surface area contributed by atoms with Crippen molar-refractivity contribution in [3.05, 3.63) is 94.2 Å². The Morgan fingerprint density at radius 1 is 1.00 bits per heavy atom. The van der Waals surface area contributed by atoms with E-state index in [2.05, 4.69) is 26.3 Å². The minimum absolute atomic E-state index is 0.00116. The van der Waals surface area contributed by atoms with Gasteiger partial charge in [0.05, 0.1) is 22.0 Å². The van der Waals surface area contributed by atoms with E-state index in [1.54, 1.807) is 73.7 Å². The Kier molecular flexibility index (Phi) is 6.57. The first-order valence-electron chi connectivity index (χ1n) is 10.2. The molecule has 0 atom stereocenters. The van der Waals surface area contributed by atoms with Crippen LogP contribution in [0.25, 0.3) is 16.8 Å². The van der Waals surface area contributed by atoms with Crippen molar-refractivity contribution in [2.24, 2.45) is 10.9 Å². The summed E-state index contributed by atoms with van der Waals surface area (Å²) in [5.74, 6) is -1.02. The number of anilines is 1. The van der Waals surface area contributed by atoms with Crippen LogP contribution in [0.3, 0.4) is 0 Å². The number of nitrogens with two attached hydrogens (primary N) is 2. The molecule has 0 aliphatic heterocycles. The molecule has 9 nitrogen and oxygen atoms in total. The maximum absolute atomic E-state index is 13.2. The van der Waals surface area contributed by atoms with Gasteiger partial charge in [0, 0.05) is 15.6 Å². The van der Waals surface area contributed by atoms with Crippen molar-refractivity contribution >= 4 is 43.5 Å². The zero-order valence-electron chi connectivity index (χ0n) is 18.4. The van der Waals surface area contributed by atoms with Crippen molar-refractivity contribution in [3.63, 3.8) is 0 Å². The minimum atomic E-state index is -3.92. The SMILES string of the molecule is Cc1cc(C(=O)Nc2ccc(-c3ccccc3S(N)(=O)=O)cc2Br)n(-c2cccc(C(N)=O)c2)n1. The third-order valence-electron chi connectivity index (χ3n) is 5.16.